The minimum Gasteiger partial charge on any atom is -0.411 e. The first-order valence-electron chi connectivity index (χ1n) is 9.76. The molecule has 4 atom stereocenters. The smallest absolute Gasteiger partial charge is 0.185 e. The number of carbonyl (C=O) groups excluding carboxylic acids is 1. The first-order chi connectivity index (χ1) is 12.9. The first kappa shape index (κ1) is 19.4. The molecule has 27 heavy (non-hydrogen) atoms. The van der Waals surface area contributed by atoms with Gasteiger partial charge in [0, 0.05) is 17.2 Å². The molecule has 1 saturated heterocycles. The molecule has 0 N–H and O–H groups in total. The Labute approximate surface area is 166 Å². The maximum Gasteiger partial charge on any atom is 0.185 e. The van der Waals surface area contributed by atoms with E-state index in [0.717, 1.165) is 11.3 Å². The first-order valence-corrected chi connectivity index (χ1v) is 14.0. The van der Waals surface area contributed by atoms with E-state index < -0.39 is 14.1 Å². The molecule has 3 aliphatic rings. The zero-order valence-electron chi connectivity index (χ0n) is 16.2. The summed E-state index contributed by atoms with van der Waals surface area (Å²) in [4.78, 5) is 14.4. The molecule has 0 bridgehead atoms. The van der Waals surface area contributed by atoms with Gasteiger partial charge in [-0.2, -0.15) is 0 Å². The molecule has 1 spiro atoms. The number of ketones is 1. The summed E-state index contributed by atoms with van der Waals surface area (Å²) >= 11 is 1.71. The lowest BCUT2D eigenvalue weighted by Gasteiger charge is -2.51. The Morgan fingerprint density at radius 1 is 1.15 bits per heavy atom. The SMILES string of the molecule is C[Si](C)(C)O[C@H]1C=CC[C@H]2[C@@H]1C(=O)C[C@H](Sc1ccccc1)C21OCCO1. The van der Waals surface area contributed by atoms with Gasteiger partial charge in [-0.1, -0.05) is 30.4 Å². The van der Waals surface area contributed by atoms with Crippen LogP contribution in [0.1, 0.15) is 12.8 Å². The van der Waals surface area contributed by atoms with Gasteiger partial charge in [0.2, 0.25) is 0 Å². The summed E-state index contributed by atoms with van der Waals surface area (Å²) in [5, 5.41) is -0.0322. The largest absolute Gasteiger partial charge is 0.411 e. The number of thioether (sulfide) groups is 1. The fraction of sp³-hybridized carbons (Fsp3) is 0.571. The Hall–Kier alpha value is -0.923. The van der Waals surface area contributed by atoms with E-state index in [1.165, 1.54) is 0 Å². The second kappa shape index (κ2) is 7.48. The van der Waals surface area contributed by atoms with Gasteiger partial charge in [0.25, 0.3) is 0 Å². The van der Waals surface area contributed by atoms with Gasteiger partial charge < -0.3 is 13.9 Å². The zero-order chi connectivity index (χ0) is 19.1. The number of ether oxygens (including phenoxy) is 2. The summed E-state index contributed by atoms with van der Waals surface area (Å²) in [6, 6.07) is 10.2. The Kier molecular flexibility index (Phi) is 5.38. The fourth-order valence-electron chi connectivity index (χ4n) is 4.53. The van der Waals surface area contributed by atoms with Crippen LogP contribution in [-0.2, 0) is 18.7 Å². The van der Waals surface area contributed by atoms with E-state index in [4.69, 9.17) is 13.9 Å². The van der Waals surface area contributed by atoms with E-state index in [0.29, 0.717) is 19.6 Å². The molecule has 1 aromatic carbocycles. The van der Waals surface area contributed by atoms with Crippen LogP contribution in [0.4, 0.5) is 0 Å². The lowest BCUT2D eigenvalue weighted by atomic mass is 9.67. The highest BCUT2D eigenvalue weighted by atomic mass is 32.2. The van der Waals surface area contributed by atoms with Crippen LogP contribution in [0, 0.1) is 11.8 Å². The molecule has 1 saturated carbocycles. The minimum atomic E-state index is -1.77. The van der Waals surface area contributed by atoms with Crippen molar-refractivity contribution >= 4 is 25.9 Å². The summed E-state index contributed by atoms with van der Waals surface area (Å²) in [5.41, 5.74) is 0. The van der Waals surface area contributed by atoms with E-state index in [9.17, 15) is 4.79 Å². The highest BCUT2D eigenvalue weighted by Gasteiger charge is 2.61. The quantitative estimate of drug-likeness (QED) is 0.554. The number of hydrogen-bond donors (Lipinski definition) is 0. The van der Waals surface area contributed by atoms with Gasteiger partial charge in [-0.05, 0) is 38.2 Å². The highest BCUT2D eigenvalue weighted by Crippen LogP contribution is 2.52. The molecule has 0 unspecified atom stereocenters. The summed E-state index contributed by atoms with van der Waals surface area (Å²) in [7, 11) is -1.77. The maximum absolute atomic E-state index is 13.2. The molecule has 1 aromatic rings. The predicted molar refractivity (Wildman–Crippen MR) is 109 cm³/mol. The molecule has 4 rings (SSSR count). The Bertz CT molecular complexity index is 709. The Balaban J connectivity index is 1.65. The van der Waals surface area contributed by atoms with Crippen molar-refractivity contribution in [3.63, 3.8) is 0 Å². The summed E-state index contributed by atoms with van der Waals surface area (Å²) in [6.45, 7) is 7.69. The number of Topliss-reactive ketones (excluding diaryl/α,β-unsaturated/α-hetero) is 1. The molecule has 1 heterocycles. The standard InChI is InChI=1S/C21H28O4SSi/c1-27(2,3)25-18-11-7-10-16-20(18)17(22)14-19(21(16)23-12-13-24-21)26-15-8-5-4-6-9-15/h4-9,11,16,18-20H,10,12-14H2,1-3H3/t16-,18-,19-,20+/m0/s1. The van der Waals surface area contributed by atoms with Crippen molar-refractivity contribution in [2.45, 2.75) is 54.5 Å². The Morgan fingerprint density at radius 2 is 1.85 bits per heavy atom. The molecule has 6 heteroatoms. The molecular weight excluding hydrogens is 376 g/mol. The van der Waals surface area contributed by atoms with Crippen molar-refractivity contribution in [3.05, 3.63) is 42.5 Å². The van der Waals surface area contributed by atoms with Crippen molar-refractivity contribution in [1.82, 2.24) is 0 Å². The van der Waals surface area contributed by atoms with Crippen molar-refractivity contribution in [2.75, 3.05) is 13.2 Å². The number of allylic oxidation sites excluding steroid dienone is 1. The van der Waals surface area contributed by atoms with E-state index >= 15 is 0 Å². The van der Waals surface area contributed by atoms with E-state index in [1.54, 1.807) is 11.8 Å². The molecule has 2 aliphatic carbocycles. The van der Waals surface area contributed by atoms with Gasteiger partial charge in [-0.15, -0.1) is 11.8 Å². The monoisotopic (exact) mass is 404 g/mol. The van der Waals surface area contributed by atoms with Crippen LogP contribution in [0.15, 0.2) is 47.4 Å². The van der Waals surface area contributed by atoms with Gasteiger partial charge in [-0.25, -0.2) is 0 Å². The summed E-state index contributed by atoms with van der Waals surface area (Å²) < 4.78 is 19.0. The van der Waals surface area contributed by atoms with E-state index in [-0.39, 0.29) is 29.0 Å². The molecule has 2 fully saturated rings. The third kappa shape index (κ3) is 3.83. The van der Waals surface area contributed by atoms with Gasteiger partial charge in [0.15, 0.2) is 14.1 Å². The van der Waals surface area contributed by atoms with Crippen LogP contribution in [0.25, 0.3) is 0 Å². The second-order valence-corrected chi connectivity index (χ2v) is 14.2. The molecule has 0 amide bonds. The number of fused-ring (bicyclic) bond motifs is 2. The third-order valence-electron chi connectivity index (χ3n) is 5.48. The van der Waals surface area contributed by atoms with Crippen molar-refractivity contribution in [2.24, 2.45) is 11.8 Å². The van der Waals surface area contributed by atoms with Crippen molar-refractivity contribution in [1.29, 1.82) is 0 Å². The molecule has 1 aliphatic heterocycles. The molecule has 4 nitrogen and oxygen atoms in total. The average Bonchev–Trinajstić information content (AvgIpc) is 3.10. The number of carbonyl (C=O) groups is 1. The molecule has 146 valence electrons. The summed E-state index contributed by atoms with van der Waals surface area (Å²) in [5.74, 6) is -0.586. The van der Waals surface area contributed by atoms with E-state index in [1.807, 2.05) is 18.2 Å². The van der Waals surface area contributed by atoms with Gasteiger partial charge in [-0.3, -0.25) is 4.79 Å². The summed E-state index contributed by atoms with van der Waals surface area (Å²) in [6.07, 6.45) is 5.34. The van der Waals surface area contributed by atoms with Gasteiger partial charge in [0.05, 0.1) is 30.5 Å². The van der Waals surface area contributed by atoms with Crippen LogP contribution in [0.2, 0.25) is 19.6 Å². The number of hydrogen-bond acceptors (Lipinski definition) is 5. The van der Waals surface area contributed by atoms with Crippen LogP contribution in [0.5, 0.6) is 0 Å². The topological polar surface area (TPSA) is 44.8 Å². The van der Waals surface area contributed by atoms with Crippen LogP contribution < -0.4 is 0 Å². The molecular formula is C21H28O4SSi. The maximum atomic E-state index is 13.2. The van der Waals surface area contributed by atoms with Crippen LogP contribution in [0.3, 0.4) is 0 Å². The van der Waals surface area contributed by atoms with Crippen LogP contribution in [-0.4, -0.2) is 44.5 Å². The number of rotatable bonds is 4. The van der Waals surface area contributed by atoms with E-state index in [2.05, 4.69) is 43.9 Å². The fourth-order valence-corrected chi connectivity index (χ4v) is 6.94. The Morgan fingerprint density at radius 3 is 2.52 bits per heavy atom. The van der Waals surface area contributed by atoms with Crippen molar-refractivity contribution in [3.8, 4) is 0 Å². The molecule has 0 aromatic heterocycles. The normalized spacial score (nSPS) is 32.6. The predicted octanol–water partition coefficient (Wildman–Crippen LogP) is 4.28. The lowest BCUT2D eigenvalue weighted by molar-refractivity contribution is -0.224. The van der Waals surface area contributed by atoms with Gasteiger partial charge >= 0.3 is 0 Å². The molecule has 0 radical (unpaired) electrons. The average molecular weight is 405 g/mol. The number of benzene rings is 1. The van der Waals surface area contributed by atoms with Gasteiger partial charge in [0.1, 0.15) is 5.78 Å². The third-order valence-corrected chi connectivity index (χ3v) is 7.78. The minimum absolute atomic E-state index is 0.00816. The highest BCUT2D eigenvalue weighted by molar-refractivity contribution is 8.00. The lowest BCUT2D eigenvalue weighted by Crippen LogP contribution is -2.61. The zero-order valence-corrected chi connectivity index (χ0v) is 18.0. The van der Waals surface area contributed by atoms with Crippen molar-refractivity contribution < 1.29 is 18.7 Å². The van der Waals surface area contributed by atoms with Crippen LogP contribution >= 0.6 is 11.8 Å². The second-order valence-electron chi connectivity index (χ2n) is 8.50.